The number of carboxylic acid groups (broad SMARTS) is 1. The molecule has 0 saturated carbocycles. The second-order valence-corrected chi connectivity index (χ2v) is 3.59. The van der Waals surface area contributed by atoms with Gasteiger partial charge in [-0.1, -0.05) is 6.07 Å². The highest BCUT2D eigenvalue weighted by molar-refractivity contribution is 5.66. The number of halogens is 1. The first-order chi connectivity index (χ1) is 7.63. The van der Waals surface area contributed by atoms with Crippen LogP contribution in [0.25, 0.3) is 0 Å². The van der Waals surface area contributed by atoms with Gasteiger partial charge in [0.25, 0.3) is 0 Å². The minimum Gasteiger partial charge on any atom is -0.481 e. The van der Waals surface area contributed by atoms with Crippen LogP contribution in [0.4, 0.5) is 4.39 Å². The molecule has 0 saturated heterocycles. The Morgan fingerprint density at radius 3 is 2.81 bits per heavy atom. The summed E-state index contributed by atoms with van der Waals surface area (Å²) in [5.74, 6) is -1.11. The molecule has 0 aliphatic carbocycles. The van der Waals surface area contributed by atoms with Gasteiger partial charge in [-0.3, -0.25) is 4.79 Å². The van der Waals surface area contributed by atoms with Crippen LogP contribution >= 0.6 is 0 Å². The van der Waals surface area contributed by atoms with Crippen molar-refractivity contribution in [1.29, 1.82) is 0 Å². The van der Waals surface area contributed by atoms with Crippen LogP contribution in [-0.2, 0) is 22.6 Å². The zero-order valence-corrected chi connectivity index (χ0v) is 9.20. The smallest absolute Gasteiger partial charge is 0.303 e. The first-order valence-corrected chi connectivity index (χ1v) is 5.11. The number of hydrogen-bond acceptors (Lipinski definition) is 2. The number of aryl methyl sites for hydroxylation is 1. The highest BCUT2D eigenvalue weighted by atomic mass is 19.1. The van der Waals surface area contributed by atoms with Crippen LogP contribution in [0.15, 0.2) is 18.2 Å². The number of ether oxygens (including phenoxy) is 1. The van der Waals surface area contributed by atoms with Crippen LogP contribution in [0.3, 0.4) is 0 Å². The highest BCUT2D eigenvalue weighted by Crippen LogP contribution is 2.15. The second-order valence-electron chi connectivity index (χ2n) is 3.59. The Labute approximate surface area is 93.9 Å². The third kappa shape index (κ3) is 3.98. The Hall–Kier alpha value is -1.42. The largest absolute Gasteiger partial charge is 0.481 e. The van der Waals surface area contributed by atoms with E-state index in [2.05, 4.69) is 0 Å². The molecule has 4 heteroatoms. The Balaban J connectivity index is 2.66. The zero-order valence-electron chi connectivity index (χ0n) is 9.20. The van der Waals surface area contributed by atoms with Gasteiger partial charge in [0.2, 0.25) is 0 Å². The molecule has 0 bridgehead atoms. The fourth-order valence-electron chi connectivity index (χ4n) is 1.56. The monoisotopic (exact) mass is 226 g/mol. The van der Waals surface area contributed by atoms with Gasteiger partial charge in [0.15, 0.2) is 0 Å². The van der Waals surface area contributed by atoms with Crippen molar-refractivity contribution < 1.29 is 19.0 Å². The quantitative estimate of drug-likeness (QED) is 0.810. The number of methoxy groups -OCH3 is 1. The number of carbonyl (C=O) groups is 1. The fourth-order valence-corrected chi connectivity index (χ4v) is 1.56. The van der Waals surface area contributed by atoms with Crippen LogP contribution < -0.4 is 0 Å². The summed E-state index contributed by atoms with van der Waals surface area (Å²) in [6, 6.07) is 4.50. The summed E-state index contributed by atoms with van der Waals surface area (Å²) in [7, 11) is 1.55. The molecule has 16 heavy (non-hydrogen) atoms. The molecular weight excluding hydrogens is 211 g/mol. The lowest BCUT2D eigenvalue weighted by atomic mass is 10.0. The fraction of sp³-hybridized carbons (Fsp3) is 0.417. The molecule has 0 spiro atoms. The number of carboxylic acids is 1. The van der Waals surface area contributed by atoms with Crippen LogP contribution in [0.1, 0.15) is 24.0 Å². The van der Waals surface area contributed by atoms with Crippen molar-refractivity contribution in [2.24, 2.45) is 0 Å². The Kier molecular flexibility index (Phi) is 4.92. The molecule has 0 amide bonds. The molecule has 0 aromatic heterocycles. The Morgan fingerprint density at radius 2 is 2.19 bits per heavy atom. The third-order valence-electron chi connectivity index (χ3n) is 2.30. The van der Waals surface area contributed by atoms with E-state index in [0.29, 0.717) is 19.4 Å². The van der Waals surface area contributed by atoms with Crippen molar-refractivity contribution in [3.63, 3.8) is 0 Å². The molecule has 0 radical (unpaired) electrons. The normalized spacial score (nSPS) is 10.4. The molecule has 88 valence electrons. The molecule has 0 atom stereocenters. The van der Waals surface area contributed by atoms with E-state index in [0.717, 1.165) is 11.1 Å². The van der Waals surface area contributed by atoms with Gasteiger partial charge >= 0.3 is 5.97 Å². The van der Waals surface area contributed by atoms with Gasteiger partial charge < -0.3 is 9.84 Å². The highest BCUT2D eigenvalue weighted by Gasteiger charge is 2.05. The van der Waals surface area contributed by atoms with Gasteiger partial charge in [-0.2, -0.15) is 0 Å². The lowest BCUT2D eigenvalue weighted by Gasteiger charge is -2.08. The SMILES string of the molecule is COCc1cc(F)ccc1CCCC(=O)O. The van der Waals surface area contributed by atoms with Gasteiger partial charge in [0, 0.05) is 13.5 Å². The topological polar surface area (TPSA) is 46.5 Å². The molecule has 1 N–H and O–H groups in total. The van der Waals surface area contributed by atoms with Gasteiger partial charge in [0.05, 0.1) is 6.61 Å². The first-order valence-electron chi connectivity index (χ1n) is 5.11. The second kappa shape index (κ2) is 6.23. The van der Waals surface area contributed by atoms with E-state index >= 15 is 0 Å². The lowest BCUT2D eigenvalue weighted by Crippen LogP contribution is -2.00. The molecule has 0 aliphatic rings. The molecule has 1 rings (SSSR count). The van der Waals surface area contributed by atoms with Gasteiger partial charge in [-0.25, -0.2) is 4.39 Å². The van der Waals surface area contributed by atoms with Crippen molar-refractivity contribution in [2.45, 2.75) is 25.9 Å². The minimum atomic E-state index is -0.810. The molecule has 0 aliphatic heterocycles. The predicted molar refractivity (Wildman–Crippen MR) is 57.7 cm³/mol. The van der Waals surface area contributed by atoms with Crippen molar-refractivity contribution in [1.82, 2.24) is 0 Å². The molecule has 0 unspecified atom stereocenters. The number of rotatable bonds is 6. The summed E-state index contributed by atoms with van der Waals surface area (Å²) < 4.78 is 17.9. The number of benzene rings is 1. The molecule has 1 aromatic rings. The molecular formula is C12H15FO3. The van der Waals surface area contributed by atoms with Crippen molar-refractivity contribution >= 4 is 5.97 Å². The lowest BCUT2D eigenvalue weighted by molar-refractivity contribution is -0.137. The summed E-state index contributed by atoms with van der Waals surface area (Å²) >= 11 is 0. The zero-order chi connectivity index (χ0) is 12.0. The summed E-state index contributed by atoms with van der Waals surface area (Å²) in [5, 5.41) is 8.52. The van der Waals surface area contributed by atoms with Crippen molar-refractivity contribution in [3.8, 4) is 0 Å². The van der Waals surface area contributed by atoms with E-state index in [1.54, 1.807) is 13.2 Å². The molecule has 3 nitrogen and oxygen atoms in total. The standard InChI is InChI=1S/C12H15FO3/c1-16-8-10-7-11(13)6-5-9(10)3-2-4-12(14)15/h5-7H,2-4,8H2,1H3,(H,14,15). The molecule has 0 fully saturated rings. The summed E-state index contributed by atoms with van der Waals surface area (Å²) in [6.45, 7) is 0.347. The van der Waals surface area contributed by atoms with E-state index in [1.165, 1.54) is 12.1 Å². The molecule has 1 aromatic carbocycles. The summed E-state index contributed by atoms with van der Waals surface area (Å²) in [5.41, 5.74) is 1.73. The van der Waals surface area contributed by atoms with Crippen LogP contribution in [0, 0.1) is 5.82 Å². The Bertz CT molecular complexity index is 363. The van der Waals surface area contributed by atoms with E-state index in [4.69, 9.17) is 9.84 Å². The summed E-state index contributed by atoms with van der Waals surface area (Å²) in [4.78, 5) is 10.4. The Morgan fingerprint density at radius 1 is 1.44 bits per heavy atom. The maximum absolute atomic E-state index is 13.0. The van der Waals surface area contributed by atoms with Crippen molar-refractivity contribution in [2.75, 3.05) is 7.11 Å². The molecule has 0 heterocycles. The average Bonchev–Trinajstić information content (AvgIpc) is 2.21. The average molecular weight is 226 g/mol. The van der Waals surface area contributed by atoms with E-state index in [1.807, 2.05) is 0 Å². The van der Waals surface area contributed by atoms with E-state index < -0.39 is 5.97 Å². The minimum absolute atomic E-state index is 0.129. The number of aliphatic carboxylic acids is 1. The van der Waals surface area contributed by atoms with E-state index in [-0.39, 0.29) is 12.2 Å². The van der Waals surface area contributed by atoms with Crippen LogP contribution in [-0.4, -0.2) is 18.2 Å². The van der Waals surface area contributed by atoms with Crippen molar-refractivity contribution in [3.05, 3.63) is 35.1 Å². The maximum Gasteiger partial charge on any atom is 0.303 e. The van der Waals surface area contributed by atoms with Crippen LogP contribution in [0.5, 0.6) is 0 Å². The van der Waals surface area contributed by atoms with Gasteiger partial charge in [-0.05, 0) is 36.1 Å². The predicted octanol–water partition coefficient (Wildman–Crippen LogP) is 2.38. The number of hydrogen-bond donors (Lipinski definition) is 1. The third-order valence-corrected chi connectivity index (χ3v) is 2.30. The van der Waals surface area contributed by atoms with Crippen LogP contribution in [0.2, 0.25) is 0 Å². The van der Waals surface area contributed by atoms with Gasteiger partial charge in [0.1, 0.15) is 5.82 Å². The first kappa shape index (κ1) is 12.6. The van der Waals surface area contributed by atoms with E-state index in [9.17, 15) is 9.18 Å². The summed E-state index contributed by atoms with van der Waals surface area (Å²) in [6.07, 6.45) is 1.31. The van der Waals surface area contributed by atoms with Gasteiger partial charge in [-0.15, -0.1) is 0 Å². The maximum atomic E-state index is 13.0.